The molecule has 1 heterocycles. The Balaban J connectivity index is 1.64. The van der Waals surface area contributed by atoms with Gasteiger partial charge in [0.05, 0.1) is 13.2 Å². The fourth-order valence-electron chi connectivity index (χ4n) is 3.25. The van der Waals surface area contributed by atoms with Crippen LogP contribution < -0.4 is 10.1 Å². The standard InChI is InChI=1S/C22H26N2O2/c1-16(2)22(18-8-10-19(26-3)11-9-18)23-21(25)13-15-24-14-12-17-6-4-5-7-20(17)24/h4-12,14,16,22H,13,15H2,1-3H3,(H,23,25). The van der Waals surface area contributed by atoms with E-state index < -0.39 is 0 Å². The number of methoxy groups -OCH3 is 1. The van der Waals surface area contributed by atoms with E-state index in [9.17, 15) is 4.79 Å². The molecule has 0 aliphatic rings. The molecule has 0 saturated carbocycles. The van der Waals surface area contributed by atoms with E-state index in [1.54, 1.807) is 7.11 Å². The monoisotopic (exact) mass is 350 g/mol. The van der Waals surface area contributed by atoms with Crippen molar-refractivity contribution in [1.29, 1.82) is 0 Å². The quantitative estimate of drug-likeness (QED) is 0.679. The normalized spacial score (nSPS) is 12.3. The summed E-state index contributed by atoms with van der Waals surface area (Å²) < 4.78 is 7.35. The van der Waals surface area contributed by atoms with E-state index in [-0.39, 0.29) is 11.9 Å². The van der Waals surface area contributed by atoms with Crippen molar-refractivity contribution in [1.82, 2.24) is 9.88 Å². The molecule has 0 spiro atoms. The van der Waals surface area contributed by atoms with E-state index in [0.29, 0.717) is 18.9 Å². The van der Waals surface area contributed by atoms with Crippen molar-refractivity contribution in [3.63, 3.8) is 0 Å². The van der Waals surface area contributed by atoms with Crippen molar-refractivity contribution < 1.29 is 9.53 Å². The maximum atomic E-state index is 12.5. The molecule has 0 aliphatic carbocycles. The third-order valence-electron chi connectivity index (χ3n) is 4.72. The van der Waals surface area contributed by atoms with Crippen LogP contribution in [0.1, 0.15) is 31.9 Å². The summed E-state index contributed by atoms with van der Waals surface area (Å²) in [7, 11) is 1.65. The van der Waals surface area contributed by atoms with Gasteiger partial charge in [-0.2, -0.15) is 0 Å². The van der Waals surface area contributed by atoms with Crippen LogP contribution in [0.25, 0.3) is 10.9 Å². The fourth-order valence-corrected chi connectivity index (χ4v) is 3.25. The minimum absolute atomic E-state index is 0.00480. The van der Waals surface area contributed by atoms with E-state index in [1.807, 2.05) is 42.6 Å². The number of fused-ring (bicyclic) bond motifs is 1. The zero-order chi connectivity index (χ0) is 18.5. The number of rotatable bonds is 7. The summed E-state index contributed by atoms with van der Waals surface area (Å²) in [5.74, 6) is 1.19. The predicted octanol–water partition coefficient (Wildman–Crippen LogP) is 4.55. The number of para-hydroxylation sites is 1. The van der Waals surface area contributed by atoms with Crippen LogP contribution in [0.2, 0.25) is 0 Å². The number of nitrogens with one attached hydrogen (secondary N) is 1. The molecule has 3 rings (SSSR count). The Morgan fingerprint density at radius 2 is 1.81 bits per heavy atom. The molecule has 1 atom stereocenters. The first-order valence-electron chi connectivity index (χ1n) is 9.05. The van der Waals surface area contributed by atoms with Crippen LogP contribution in [0, 0.1) is 5.92 Å². The Morgan fingerprint density at radius 3 is 2.50 bits per heavy atom. The molecule has 26 heavy (non-hydrogen) atoms. The lowest BCUT2D eigenvalue weighted by atomic mass is 9.96. The highest BCUT2D eigenvalue weighted by Gasteiger charge is 2.18. The summed E-state index contributed by atoms with van der Waals surface area (Å²) in [6.07, 6.45) is 2.50. The molecule has 1 aromatic heterocycles. The van der Waals surface area contributed by atoms with E-state index in [0.717, 1.165) is 16.8 Å². The first-order chi connectivity index (χ1) is 12.6. The van der Waals surface area contributed by atoms with Crippen LogP contribution in [0.5, 0.6) is 5.75 Å². The van der Waals surface area contributed by atoms with Crippen LogP contribution in [0.3, 0.4) is 0 Å². The molecule has 3 aromatic rings. The molecule has 0 saturated heterocycles. The number of nitrogens with zero attached hydrogens (tertiary/aromatic N) is 1. The molecule has 4 nitrogen and oxygen atoms in total. The molecule has 1 amide bonds. The maximum Gasteiger partial charge on any atom is 0.222 e. The zero-order valence-corrected chi connectivity index (χ0v) is 15.6. The third kappa shape index (κ3) is 4.07. The van der Waals surface area contributed by atoms with Crippen LogP contribution in [-0.2, 0) is 11.3 Å². The summed E-state index contributed by atoms with van der Waals surface area (Å²) in [5.41, 5.74) is 2.26. The molecule has 0 fully saturated rings. The van der Waals surface area contributed by atoms with Gasteiger partial charge < -0.3 is 14.6 Å². The number of carbonyl (C=O) groups excluding carboxylic acids is 1. The maximum absolute atomic E-state index is 12.5. The molecular weight excluding hydrogens is 324 g/mol. The summed E-state index contributed by atoms with van der Waals surface area (Å²) in [6, 6.07) is 18.2. The SMILES string of the molecule is COc1ccc(C(NC(=O)CCn2ccc3ccccc32)C(C)C)cc1. The van der Waals surface area contributed by atoms with Crippen molar-refractivity contribution in [2.24, 2.45) is 5.92 Å². The van der Waals surface area contributed by atoms with Crippen molar-refractivity contribution >= 4 is 16.8 Å². The van der Waals surface area contributed by atoms with Crippen LogP contribution in [-0.4, -0.2) is 17.6 Å². The molecular formula is C22H26N2O2. The number of aryl methyl sites for hydroxylation is 1. The number of amides is 1. The smallest absolute Gasteiger partial charge is 0.222 e. The number of ether oxygens (including phenoxy) is 1. The number of aromatic nitrogens is 1. The summed E-state index contributed by atoms with van der Waals surface area (Å²) in [4.78, 5) is 12.5. The summed E-state index contributed by atoms with van der Waals surface area (Å²) in [5, 5.41) is 4.39. The van der Waals surface area contributed by atoms with Gasteiger partial charge in [-0.25, -0.2) is 0 Å². The number of hydrogen-bond acceptors (Lipinski definition) is 2. The fraction of sp³-hybridized carbons (Fsp3) is 0.318. The largest absolute Gasteiger partial charge is 0.497 e. The highest BCUT2D eigenvalue weighted by Crippen LogP contribution is 2.24. The van der Waals surface area contributed by atoms with Gasteiger partial charge in [0.15, 0.2) is 0 Å². The van der Waals surface area contributed by atoms with Crippen molar-refractivity contribution in [2.75, 3.05) is 7.11 Å². The summed E-state index contributed by atoms with van der Waals surface area (Å²) in [6.45, 7) is 4.91. The second-order valence-corrected chi connectivity index (χ2v) is 6.88. The number of carbonyl (C=O) groups is 1. The second-order valence-electron chi connectivity index (χ2n) is 6.88. The molecule has 4 heteroatoms. The summed E-state index contributed by atoms with van der Waals surface area (Å²) >= 11 is 0. The van der Waals surface area contributed by atoms with Gasteiger partial charge in [-0.3, -0.25) is 4.79 Å². The van der Waals surface area contributed by atoms with Gasteiger partial charge in [0.2, 0.25) is 5.91 Å². The predicted molar refractivity (Wildman–Crippen MR) is 105 cm³/mol. The van der Waals surface area contributed by atoms with E-state index >= 15 is 0 Å². The number of hydrogen-bond donors (Lipinski definition) is 1. The Morgan fingerprint density at radius 1 is 1.08 bits per heavy atom. The van der Waals surface area contributed by atoms with Gasteiger partial charge in [0.1, 0.15) is 5.75 Å². The highest BCUT2D eigenvalue weighted by atomic mass is 16.5. The Labute approximate surface area is 154 Å². The average Bonchev–Trinajstić information content (AvgIpc) is 3.07. The minimum Gasteiger partial charge on any atom is -0.497 e. The van der Waals surface area contributed by atoms with Crippen LogP contribution in [0.15, 0.2) is 60.8 Å². The van der Waals surface area contributed by atoms with Gasteiger partial charge in [0, 0.05) is 24.7 Å². The van der Waals surface area contributed by atoms with E-state index in [1.165, 1.54) is 5.39 Å². The second kappa shape index (κ2) is 8.09. The Kier molecular flexibility index (Phi) is 5.61. The lowest BCUT2D eigenvalue weighted by molar-refractivity contribution is -0.122. The van der Waals surface area contributed by atoms with Gasteiger partial charge in [0.25, 0.3) is 0 Å². The topological polar surface area (TPSA) is 43.3 Å². The lowest BCUT2D eigenvalue weighted by Crippen LogP contribution is -2.32. The van der Waals surface area contributed by atoms with Gasteiger partial charge in [-0.15, -0.1) is 0 Å². The first-order valence-corrected chi connectivity index (χ1v) is 9.05. The Hall–Kier alpha value is -2.75. The Bertz CT molecular complexity index is 865. The molecule has 136 valence electrons. The van der Waals surface area contributed by atoms with E-state index in [2.05, 4.69) is 41.9 Å². The van der Waals surface area contributed by atoms with Gasteiger partial charge in [-0.05, 0) is 41.1 Å². The van der Waals surface area contributed by atoms with Crippen molar-refractivity contribution in [3.05, 3.63) is 66.4 Å². The zero-order valence-electron chi connectivity index (χ0n) is 15.6. The molecule has 0 aliphatic heterocycles. The van der Waals surface area contributed by atoms with Gasteiger partial charge >= 0.3 is 0 Å². The van der Waals surface area contributed by atoms with Crippen LogP contribution in [0.4, 0.5) is 0 Å². The molecule has 1 unspecified atom stereocenters. The van der Waals surface area contributed by atoms with Crippen LogP contribution >= 0.6 is 0 Å². The van der Waals surface area contributed by atoms with Crippen molar-refractivity contribution in [3.8, 4) is 5.75 Å². The third-order valence-corrected chi connectivity index (χ3v) is 4.72. The molecule has 2 aromatic carbocycles. The number of benzene rings is 2. The minimum atomic E-state index is -0.00480. The average molecular weight is 350 g/mol. The lowest BCUT2D eigenvalue weighted by Gasteiger charge is -2.23. The molecule has 0 bridgehead atoms. The van der Waals surface area contributed by atoms with Gasteiger partial charge in [-0.1, -0.05) is 44.2 Å². The van der Waals surface area contributed by atoms with Crippen molar-refractivity contribution in [2.45, 2.75) is 32.9 Å². The highest BCUT2D eigenvalue weighted by molar-refractivity contribution is 5.80. The van der Waals surface area contributed by atoms with E-state index in [4.69, 9.17) is 4.74 Å². The molecule has 1 N–H and O–H groups in total. The first kappa shape index (κ1) is 18.1. The molecule has 0 radical (unpaired) electrons.